The Balaban J connectivity index is 0.000000500. The molecule has 1 saturated heterocycles. The van der Waals surface area contributed by atoms with E-state index >= 15 is 0 Å². The second-order valence-electron chi connectivity index (χ2n) is 3.09. The SMILES string of the molecule is Cl.FC1(F)CC12CCNC2. The fraction of sp³-hybridized carbons (Fsp3) is 1.00. The van der Waals surface area contributed by atoms with Crippen LogP contribution in [0.3, 0.4) is 0 Å². The van der Waals surface area contributed by atoms with Crippen LogP contribution in [0.5, 0.6) is 0 Å². The van der Waals surface area contributed by atoms with Crippen LogP contribution in [0.1, 0.15) is 12.8 Å². The second-order valence-corrected chi connectivity index (χ2v) is 3.09. The van der Waals surface area contributed by atoms with Gasteiger partial charge in [0.05, 0.1) is 5.41 Å². The molecule has 0 amide bonds. The van der Waals surface area contributed by atoms with Crippen LogP contribution in [0.15, 0.2) is 0 Å². The molecule has 1 heterocycles. The van der Waals surface area contributed by atoms with Gasteiger partial charge >= 0.3 is 0 Å². The van der Waals surface area contributed by atoms with Crippen LogP contribution < -0.4 is 5.32 Å². The van der Waals surface area contributed by atoms with Crippen LogP contribution in [-0.2, 0) is 0 Å². The van der Waals surface area contributed by atoms with E-state index < -0.39 is 11.3 Å². The number of hydrogen-bond donors (Lipinski definition) is 1. The molecule has 60 valence electrons. The van der Waals surface area contributed by atoms with Gasteiger partial charge in [-0.05, 0) is 13.0 Å². The molecule has 1 aliphatic carbocycles. The summed E-state index contributed by atoms with van der Waals surface area (Å²) in [4.78, 5) is 0. The lowest BCUT2D eigenvalue weighted by Gasteiger charge is -2.02. The Morgan fingerprint density at radius 1 is 1.30 bits per heavy atom. The van der Waals surface area contributed by atoms with Crippen molar-refractivity contribution in [2.45, 2.75) is 18.8 Å². The average Bonchev–Trinajstić information content (AvgIpc) is 2.27. The molecule has 2 aliphatic rings. The van der Waals surface area contributed by atoms with Crippen molar-refractivity contribution in [3.05, 3.63) is 0 Å². The average molecular weight is 170 g/mol. The number of halogens is 3. The van der Waals surface area contributed by atoms with Crippen molar-refractivity contribution in [1.29, 1.82) is 0 Å². The van der Waals surface area contributed by atoms with E-state index in [-0.39, 0.29) is 18.8 Å². The molecule has 0 bridgehead atoms. The molecule has 1 nitrogen and oxygen atoms in total. The van der Waals surface area contributed by atoms with Gasteiger partial charge in [-0.15, -0.1) is 12.4 Å². The van der Waals surface area contributed by atoms with Gasteiger partial charge < -0.3 is 5.32 Å². The Labute approximate surface area is 64.6 Å². The van der Waals surface area contributed by atoms with E-state index in [1.807, 2.05) is 0 Å². The Kier molecular flexibility index (Phi) is 1.68. The lowest BCUT2D eigenvalue weighted by atomic mass is 10.1. The lowest BCUT2D eigenvalue weighted by Crippen LogP contribution is -2.15. The maximum absolute atomic E-state index is 12.5. The summed E-state index contributed by atoms with van der Waals surface area (Å²) in [5, 5.41) is 2.95. The quantitative estimate of drug-likeness (QED) is 0.579. The highest BCUT2D eigenvalue weighted by Gasteiger charge is 2.71. The van der Waals surface area contributed by atoms with Gasteiger partial charge in [0.2, 0.25) is 0 Å². The highest BCUT2D eigenvalue weighted by Crippen LogP contribution is 2.63. The molecule has 1 N–H and O–H groups in total. The van der Waals surface area contributed by atoms with Gasteiger partial charge in [-0.2, -0.15) is 0 Å². The summed E-state index contributed by atoms with van der Waals surface area (Å²) in [5.41, 5.74) is -0.604. The van der Waals surface area contributed by atoms with Gasteiger partial charge in [0, 0.05) is 13.0 Å². The zero-order chi connectivity index (χ0) is 6.54. The van der Waals surface area contributed by atoms with Gasteiger partial charge in [-0.3, -0.25) is 0 Å². The summed E-state index contributed by atoms with van der Waals surface area (Å²) in [6.07, 6.45) is 0.785. The highest BCUT2D eigenvalue weighted by molar-refractivity contribution is 5.85. The van der Waals surface area contributed by atoms with Crippen molar-refractivity contribution in [2.75, 3.05) is 13.1 Å². The summed E-state index contributed by atoms with van der Waals surface area (Å²) in [5.74, 6) is -2.34. The molecule has 1 atom stereocenters. The standard InChI is InChI=1S/C6H9F2N.ClH/c7-6(8)3-5(6)1-2-9-4-5;/h9H,1-4H2;1H. The molecule has 1 saturated carbocycles. The van der Waals surface area contributed by atoms with Gasteiger partial charge in [0.1, 0.15) is 0 Å². The Hall–Kier alpha value is 0.110. The summed E-state index contributed by atoms with van der Waals surface area (Å²) >= 11 is 0. The largest absolute Gasteiger partial charge is 0.316 e. The van der Waals surface area contributed by atoms with Crippen LogP contribution in [0, 0.1) is 5.41 Å². The van der Waals surface area contributed by atoms with Crippen molar-refractivity contribution in [1.82, 2.24) is 5.32 Å². The topological polar surface area (TPSA) is 12.0 Å². The van der Waals surface area contributed by atoms with E-state index in [0.717, 1.165) is 6.54 Å². The molecule has 1 spiro atoms. The van der Waals surface area contributed by atoms with Crippen molar-refractivity contribution in [3.8, 4) is 0 Å². The van der Waals surface area contributed by atoms with Crippen LogP contribution >= 0.6 is 12.4 Å². The molecule has 4 heteroatoms. The molecule has 2 rings (SSSR count). The predicted octanol–water partition coefficient (Wildman–Crippen LogP) is 1.43. The molecule has 2 fully saturated rings. The van der Waals surface area contributed by atoms with Crippen molar-refractivity contribution in [2.24, 2.45) is 5.41 Å². The third-order valence-electron chi connectivity index (χ3n) is 2.46. The van der Waals surface area contributed by atoms with E-state index in [2.05, 4.69) is 5.32 Å². The number of hydrogen-bond acceptors (Lipinski definition) is 1. The minimum absolute atomic E-state index is 0. The summed E-state index contributed by atoms with van der Waals surface area (Å²) in [6, 6.07) is 0. The molecule has 0 aromatic rings. The predicted molar refractivity (Wildman–Crippen MR) is 36.7 cm³/mol. The Morgan fingerprint density at radius 3 is 2.10 bits per heavy atom. The summed E-state index contributed by atoms with van der Waals surface area (Å²) in [7, 11) is 0. The smallest absolute Gasteiger partial charge is 0.255 e. The molecule has 10 heavy (non-hydrogen) atoms. The summed E-state index contributed by atoms with van der Waals surface area (Å²) in [6.45, 7) is 1.30. The fourth-order valence-corrected chi connectivity index (χ4v) is 1.59. The third-order valence-corrected chi connectivity index (χ3v) is 2.46. The second kappa shape index (κ2) is 2.05. The van der Waals surface area contributed by atoms with E-state index in [1.54, 1.807) is 0 Å². The molecule has 1 unspecified atom stereocenters. The third kappa shape index (κ3) is 0.839. The van der Waals surface area contributed by atoms with Crippen LogP contribution in [0.25, 0.3) is 0 Å². The maximum atomic E-state index is 12.5. The monoisotopic (exact) mass is 169 g/mol. The van der Waals surface area contributed by atoms with Gasteiger partial charge in [-0.1, -0.05) is 0 Å². The molecular weight excluding hydrogens is 160 g/mol. The molecule has 0 aromatic carbocycles. The zero-order valence-corrected chi connectivity index (χ0v) is 6.31. The maximum Gasteiger partial charge on any atom is 0.255 e. The Morgan fingerprint density at radius 2 is 1.90 bits per heavy atom. The van der Waals surface area contributed by atoms with Gasteiger partial charge in [-0.25, -0.2) is 8.78 Å². The molecule has 0 radical (unpaired) electrons. The first-order valence-electron chi connectivity index (χ1n) is 3.25. The molecule has 1 aliphatic heterocycles. The van der Waals surface area contributed by atoms with Crippen molar-refractivity contribution >= 4 is 12.4 Å². The minimum atomic E-state index is -2.34. The summed E-state index contributed by atoms with van der Waals surface area (Å²) < 4.78 is 24.9. The first kappa shape index (κ1) is 8.21. The van der Waals surface area contributed by atoms with E-state index in [9.17, 15) is 8.78 Å². The zero-order valence-electron chi connectivity index (χ0n) is 5.49. The van der Waals surface area contributed by atoms with Crippen LogP contribution in [-0.4, -0.2) is 19.0 Å². The Bertz CT molecular complexity index is 137. The van der Waals surface area contributed by atoms with E-state index in [1.165, 1.54) is 0 Å². The van der Waals surface area contributed by atoms with Gasteiger partial charge in [0.25, 0.3) is 5.92 Å². The van der Waals surface area contributed by atoms with Crippen molar-refractivity contribution < 1.29 is 8.78 Å². The van der Waals surface area contributed by atoms with Crippen LogP contribution in [0.2, 0.25) is 0 Å². The number of rotatable bonds is 0. The molecular formula is C6H10ClF2N. The van der Waals surface area contributed by atoms with Gasteiger partial charge in [0.15, 0.2) is 0 Å². The number of nitrogens with one attached hydrogen (secondary N) is 1. The lowest BCUT2D eigenvalue weighted by molar-refractivity contribution is 0.0705. The minimum Gasteiger partial charge on any atom is -0.316 e. The first-order chi connectivity index (χ1) is 4.16. The number of alkyl halides is 2. The fourth-order valence-electron chi connectivity index (χ4n) is 1.59. The first-order valence-corrected chi connectivity index (χ1v) is 3.25. The normalized spacial score (nSPS) is 41.4. The molecule has 0 aromatic heterocycles. The highest BCUT2D eigenvalue weighted by atomic mass is 35.5. The van der Waals surface area contributed by atoms with E-state index in [4.69, 9.17) is 0 Å². The van der Waals surface area contributed by atoms with Crippen molar-refractivity contribution in [3.63, 3.8) is 0 Å². The van der Waals surface area contributed by atoms with E-state index in [0.29, 0.717) is 13.0 Å². The van der Waals surface area contributed by atoms with Crippen LogP contribution in [0.4, 0.5) is 8.78 Å².